The molecule has 1 aromatic rings. The van der Waals surface area contributed by atoms with Gasteiger partial charge in [0.2, 0.25) is 10.0 Å². The lowest BCUT2D eigenvalue weighted by Gasteiger charge is -2.15. The van der Waals surface area contributed by atoms with Crippen LogP contribution in [0.4, 0.5) is 0 Å². The number of fused-ring (bicyclic) bond motifs is 1. The molecule has 1 heterocycles. The van der Waals surface area contributed by atoms with Gasteiger partial charge in [0.1, 0.15) is 0 Å². The van der Waals surface area contributed by atoms with Crippen LogP contribution in [-0.2, 0) is 16.4 Å². The van der Waals surface area contributed by atoms with Crippen LogP contribution in [0, 0.1) is 12.3 Å². The predicted octanol–water partition coefficient (Wildman–Crippen LogP) is 1.31. The number of nitrogens with zero attached hydrogens (tertiary/aromatic N) is 1. The molecule has 15 heavy (non-hydrogen) atoms. The van der Waals surface area contributed by atoms with Crippen LogP contribution in [0.1, 0.15) is 29.7 Å². The Balaban J connectivity index is 2.72. The highest BCUT2D eigenvalue weighted by Gasteiger charge is 2.24. The molecule has 0 atom stereocenters. The van der Waals surface area contributed by atoms with Crippen LogP contribution in [0.15, 0.2) is 6.20 Å². The Morgan fingerprint density at radius 3 is 2.67 bits per heavy atom. The van der Waals surface area contributed by atoms with E-state index in [0.717, 1.165) is 36.1 Å². The topological polar surface area (TPSA) is 62.9 Å². The van der Waals surface area contributed by atoms with E-state index in [-0.39, 0.29) is 0 Å². The second-order valence-corrected chi connectivity index (χ2v) is 5.88. The van der Waals surface area contributed by atoms with Gasteiger partial charge in [0.15, 0.2) is 0 Å². The molecule has 4 nitrogen and oxygen atoms in total. The summed E-state index contributed by atoms with van der Waals surface area (Å²) in [6.45, 7) is 1.86. The van der Waals surface area contributed by atoms with Crippen LogP contribution in [0.5, 0.6) is 0 Å². The second kappa shape index (κ2) is 3.20. The molecule has 0 spiro atoms. The first kappa shape index (κ1) is 10.4. The van der Waals surface area contributed by atoms with Gasteiger partial charge in [-0.3, -0.25) is 0 Å². The summed E-state index contributed by atoms with van der Waals surface area (Å²) in [7, 11) is -3.23. The molecule has 82 valence electrons. The van der Waals surface area contributed by atoms with E-state index < -0.39 is 10.0 Å². The largest absolute Gasteiger partial charge is 0.305 e. The lowest BCUT2D eigenvalue weighted by Crippen LogP contribution is -2.17. The van der Waals surface area contributed by atoms with Gasteiger partial charge in [-0.05, 0) is 31.7 Å². The number of rotatable bonds is 1. The molecule has 0 aromatic carbocycles. The lowest BCUT2D eigenvalue weighted by atomic mass is 9.94. The number of aromatic nitrogens is 1. The maximum atomic E-state index is 11.5. The third-order valence-corrected chi connectivity index (χ3v) is 3.80. The highest BCUT2D eigenvalue weighted by molar-refractivity contribution is 7.89. The molecule has 0 saturated heterocycles. The molecule has 1 aliphatic carbocycles. The fourth-order valence-corrected chi connectivity index (χ4v) is 3.09. The summed E-state index contributed by atoms with van der Waals surface area (Å²) in [6.07, 6.45) is 5.19. The lowest BCUT2D eigenvalue weighted by molar-refractivity contribution is 0.590. The number of hydrogen-bond acceptors (Lipinski definition) is 3. The van der Waals surface area contributed by atoms with Crippen molar-refractivity contribution in [1.29, 1.82) is 5.41 Å². The average molecular weight is 226 g/mol. The van der Waals surface area contributed by atoms with Crippen molar-refractivity contribution < 1.29 is 8.42 Å². The highest BCUT2D eigenvalue weighted by Crippen LogP contribution is 2.26. The van der Waals surface area contributed by atoms with Crippen molar-refractivity contribution in [3.8, 4) is 0 Å². The fourth-order valence-electron chi connectivity index (χ4n) is 2.16. The monoisotopic (exact) mass is 226 g/mol. The minimum absolute atomic E-state index is 0.566. The first-order valence-corrected chi connectivity index (χ1v) is 6.75. The summed E-state index contributed by atoms with van der Waals surface area (Å²) in [5, 5.41) is 7.82. The van der Waals surface area contributed by atoms with Gasteiger partial charge in [0.05, 0.1) is 6.26 Å². The molecule has 0 fully saturated rings. The zero-order valence-corrected chi connectivity index (χ0v) is 9.69. The summed E-state index contributed by atoms with van der Waals surface area (Å²) < 4.78 is 24.4. The smallest absolute Gasteiger partial charge is 0.235 e. The van der Waals surface area contributed by atoms with Gasteiger partial charge < -0.3 is 5.41 Å². The van der Waals surface area contributed by atoms with E-state index in [4.69, 9.17) is 5.41 Å². The van der Waals surface area contributed by atoms with E-state index in [0.29, 0.717) is 5.71 Å². The van der Waals surface area contributed by atoms with Gasteiger partial charge in [-0.25, -0.2) is 12.4 Å². The predicted molar refractivity (Wildman–Crippen MR) is 59.2 cm³/mol. The van der Waals surface area contributed by atoms with Crippen LogP contribution >= 0.6 is 0 Å². The maximum Gasteiger partial charge on any atom is 0.235 e. The minimum atomic E-state index is -3.23. The minimum Gasteiger partial charge on any atom is -0.305 e. The summed E-state index contributed by atoms with van der Waals surface area (Å²) in [5.74, 6) is 0. The molecular formula is C10H14N2O2S. The Morgan fingerprint density at radius 1 is 1.40 bits per heavy atom. The number of aryl methyl sites for hydroxylation is 1. The van der Waals surface area contributed by atoms with Crippen LogP contribution < -0.4 is 0 Å². The quantitative estimate of drug-likeness (QED) is 0.784. The van der Waals surface area contributed by atoms with Gasteiger partial charge in [-0.15, -0.1) is 0 Å². The first-order chi connectivity index (χ1) is 6.91. The summed E-state index contributed by atoms with van der Waals surface area (Å²) in [5.41, 5.74) is 3.08. The maximum absolute atomic E-state index is 11.5. The Bertz CT molecular complexity index is 526. The molecule has 0 saturated carbocycles. The molecule has 2 rings (SSSR count). The van der Waals surface area contributed by atoms with Gasteiger partial charge in [-0.1, -0.05) is 0 Å². The zero-order chi connectivity index (χ0) is 11.2. The summed E-state index contributed by atoms with van der Waals surface area (Å²) in [4.78, 5) is 0. The first-order valence-electron chi connectivity index (χ1n) is 4.90. The molecule has 5 heteroatoms. The zero-order valence-electron chi connectivity index (χ0n) is 8.87. The molecule has 0 radical (unpaired) electrons. The molecular weight excluding hydrogens is 212 g/mol. The van der Waals surface area contributed by atoms with Crippen molar-refractivity contribution in [2.45, 2.75) is 26.2 Å². The van der Waals surface area contributed by atoms with Crippen molar-refractivity contribution >= 4 is 15.7 Å². The molecule has 1 N–H and O–H groups in total. The van der Waals surface area contributed by atoms with E-state index in [1.54, 1.807) is 6.20 Å². The molecule has 0 aliphatic heterocycles. The van der Waals surface area contributed by atoms with Gasteiger partial charge >= 0.3 is 0 Å². The third kappa shape index (κ3) is 1.61. The van der Waals surface area contributed by atoms with E-state index in [9.17, 15) is 8.42 Å². The molecule has 1 aromatic heterocycles. The van der Waals surface area contributed by atoms with Gasteiger partial charge in [-0.2, -0.15) is 0 Å². The van der Waals surface area contributed by atoms with E-state index in [1.807, 2.05) is 6.92 Å². The molecule has 1 aliphatic rings. The SMILES string of the molecule is Cc1cn(S(C)(=O)=O)c2c1C(=N)CCC2. The Kier molecular flexibility index (Phi) is 2.22. The Labute approximate surface area is 89.5 Å². The Hall–Kier alpha value is -1.10. The van der Waals surface area contributed by atoms with E-state index in [1.165, 1.54) is 10.2 Å². The average Bonchev–Trinajstić information content (AvgIpc) is 2.44. The normalized spacial score (nSPS) is 16.5. The van der Waals surface area contributed by atoms with Crippen LogP contribution in [0.2, 0.25) is 0 Å². The van der Waals surface area contributed by atoms with Gasteiger partial charge in [0.25, 0.3) is 0 Å². The molecule has 0 bridgehead atoms. The van der Waals surface area contributed by atoms with Crippen molar-refractivity contribution in [2.75, 3.05) is 6.26 Å². The molecule has 0 amide bonds. The van der Waals surface area contributed by atoms with Crippen molar-refractivity contribution in [3.05, 3.63) is 23.0 Å². The van der Waals surface area contributed by atoms with Crippen molar-refractivity contribution in [3.63, 3.8) is 0 Å². The highest BCUT2D eigenvalue weighted by atomic mass is 32.2. The molecule has 0 unspecified atom stereocenters. The fraction of sp³-hybridized carbons (Fsp3) is 0.500. The van der Waals surface area contributed by atoms with Crippen molar-refractivity contribution in [1.82, 2.24) is 3.97 Å². The Morgan fingerprint density at radius 2 is 2.07 bits per heavy atom. The summed E-state index contributed by atoms with van der Waals surface area (Å²) in [6, 6.07) is 0. The van der Waals surface area contributed by atoms with Crippen molar-refractivity contribution in [2.24, 2.45) is 0 Å². The van der Waals surface area contributed by atoms with Crippen LogP contribution in [-0.4, -0.2) is 24.4 Å². The standard InChI is InChI=1S/C10H14N2O2S/c1-7-6-12(15(2,13)14)9-5-3-4-8(11)10(7)9/h6,11H,3-5H2,1-2H3. The summed E-state index contributed by atoms with van der Waals surface area (Å²) >= 11 is 0. The number of hydrogen-bond donors (Lipinski definition) is 1. The van der Waals surface area contributed by atoms with Crippen LogP contribution in [0.3, 0.4) is 0 Å². The van der Waals surface area contributed by atoms with Crippen LogP contribution in [0.25, 0.3) is 0 Å². The van der Waals surface area contributed by atoms with Gasteiger partial charge in [0, 0.05) is 23.2 Å². The second-order valence-electron chi connectivity index (χ2n) is 4.02. The number of nitrogens with one attached hydrogen (secondary N) is 1. The van der Waals surface area contributed by atoms with E-state index >= 15 is 0 Å². The third-order valence-electron chi connectivity index (χ3n) is 2.76. The van der Waals surface area contributed by atoms with E-state index in [2.05, 4.69) is 0 Å².